The lowest BCUT2D eigenvalue weighted by Gasteiger charge is -2.41. The third-order valence-corrected chi connectivity index (χ3v) is 11.4. The first-order valence-corrected chi connectivity index (χ1v) is 17.8. The van der Waals surface area contributed by atoms with Gasteiger partial charge in [-0.25, -0.2) is 9.59 Å². The van der Waals surface area contributed by atoms with Gasteiger partial charge in [0.1, 0.15) is 6.04 Å². The van der Waals surface area contributed by atoms with Crippen molar-refractivity contribution in [2.75, 3.05) is 50.3 Å². The SMILES string of the molecule is Nc1c(C(F)(F)F)cc(C[C@@H](NC(=O)N2CCC(N3Cc4sccc4NC3=O)CC2)C(=O)N2CCC(C3CCNCC3)CC2)cc1C(F)(F)F. The van der Waals surface area contributed by atoms with Crippen molar-refractivity contribution < 1.29 is 40.7 Å². The van der Waals surface area contributed by atoms with Gasteiger partial charge in [-0.15, -0.1) is 11.3 Å². The van der Waals surface area contributed by atoms with E-state index in [1.54, 1.807) is 9.80 Å². The molecule has 0 radical (unpaired) electrons. The summed E-state index contributed by atoms with van der Waals surface area (Å²) in [6.45, 7) is 3.52. The summed E-state index contributed by atoms with van der Waals surface area (Å²) < 4.78 is 83.1. The molecule has 50 heavy (non-hydrogen) atoms. The number of urea groups is 2. The number of nitrogen functional groups attached to an aromatic ring is 1. The highest BCUT2D eigenvalue weighted by Crippen LogP contribution is 2.42. The molecule has 4 aliphatic rings. The maximum absolute atomic E-state index is 14.0. The predicted molar refractivity (Wildman–Crippen MR) is 175 cm³/mol. The number of halogens is 6. The molecule has 3 saturated heterocycles. The zero-order valence-corrected chi connectivity index (χ0v) is 28.2. The summed E-state index contributed by atoms with van der Waals surface area (Å²) in [5.41, 5.74) is 0.963. The van der Waals surface area contributed by atoms with Gasteiger partial charge in [0, 0.05) is 43.5 Å². The van der Waals surface area contributed by atoms with Crippen LogP contribution in [-0.2, 0) is 30.1 Å². The molecule has 3 fully saturated rings. The van der Waals surface area contributed by atoms with Crippen LogP contribution in [0.15, 0.2) is 23.6 Å². The Bertz CT molecular complexity index is 1530. The lowest BCUT2D eigenvalue weighted by molar-refractivity contribution is -0.141. The largest absolute Gasteiger partial charge is 0.418 e. The van der Waals surface area contributed by atoms with Crippen LogP contribution in [0.5, 0.6) is 0 Å². The summed E-state index contributed by atoms with van der Waals surface area (Å²) in [6.07, 6.45) is -6.55. The maximum Gasteiger partial charge on any atom is 0.418 e. The third kappa shape index (κ3) is 7.92. The van der Waals surface area contributed by atoms with E-state index in [0.717, 1.165) is 49.3 Å². The van der Waals surface area contributed by atoms with Crippen LogP contribution in [0.4, 0.5) is 47.3 Å². The molecule has 2 aromatic rings. The number of nitrogens with zero attached hydrogens (tertiary/aromatic N) is 3. The number of carbonyl (C=O) groups excluding carboxylic acids is 3. The quantitative estimate of drug-likeness (QED) is 0.223. The summed E-state index contributed by atoms with van der Waals surface area (Å²) in [5.74, 6) is 0.365. The average molecular weight is 730 g/mol. The average Bonchev–Trinajstić information content (AvgIpc) is 3.54. The molecular formula is C33H41F6N7O3S. The molecule has 5 N–H and O–H groups in total. The van der Waals surface area contributed by atoms with E-state index in [-0.39, 0.29) is 25.2 Å². The fourth-order valence-electron chi connectivity index (χ4n) is 7.77. The third-order valence-electron chi connectivity index (χ3n) is 10.5. The minimum atomic E-state index is -5.18. The number of likely N-dealkylation sites (tertiary alicyclic amines) is 2. The minimum Gasteiger partial charge on any atom is -0.398 e. The lowest BCUT2D eigenvalue weighted by Crippen LogP contribution is -2.57. The molecule has 0 aliphatic carbocycles. The lowest BCUT2D eigenvalue weighted by atomic mass is 9.79. The fraction of sp³-hybridized carbons (Fsp3) is 0.606. The van der Waals surface area contributed by atoms with Gasteiger partial charge in [-0.05, 0) is 92.6 Å². The first kappa shape index (κ1) is 36.1. The van der Waals surface area contributed by atoms with Gasteiger partial charge in [-0.2, -0.15) is 26.3 Å². The molecule has 1 atom stereocenters. The highest BCUT2D eigenvalue weighted by molar-refractivity contribution is 7.10. The summed E-state index contributed by atoms with van der Waals surface area (Å²) >= 11 is 1.53. The highest BCUT2D eigenvalue weighted by Gasteiger charge is 2.42. The van der Waals surface area contributed by atoms with E-state index in [9.17, 15) is 40.7 Å². The summed E-state index contributed by atoms with van der Waals surface area (Å²) in [5, 5.41) is 10.8. The van der Waals surface area contributed by atoms with Crippen LogP contribution >= 0.6 is 11.3 Å². The summed E-state index contributed by atoms with van der Waals surface area (Å²) in [6, 6.07) is 0.430. The zero-order valence-electron chi connectivity index (χ0n) is 27.3. The van der Waals surface area contributed by atoms with Crippen LogP contribution < -0.4 is 21.7 Å². The number of alkyl halides is 6. The van der Waals surface area contributed by atoms with Gasteiger partial charge < -0.3 is 36.4 Å². The Balaban J connectivity index is 1.18. The molecule has 4 aliphatic heterocycles. The van der Waals surface area contributed by atoms with E-state index in [1.165, 1.54) is 16.2 Å². The van der Waals surface area contributed by atoms with Gasteiger partial charge in [0.2, 0.25) is 5.91 Å². The molecule has 6 rings (SSSR count). The molecule has 274 valence electrons. The van der Waals surface area contributed by atoms with Crippen molar-refractivity contribution in [3.8, 4) is 0 Å². The Labute approximate surface area is 289 Å². The number of nitrogens with one attached hydrogen (secondary N) is 3. The Morgan fingerprint density at radius 3 is 2.08 bits per heavy atom. The number of amides is 5. The first-order valence-electron chi connectivity index (χ1n) is 16.9. The number of anilines is 2. The number of rotatable bonds is 6. The number of thiophene rings is 1. The highest BCUT2D eigenvalue weighted by atomic mass is 32.1. The number of fused-ring (bicyclic) bond motifs is 1. The second kappa shape index (κ2) is 14.5. The fourth-order valence-corrected chi connectivity index (χ4v) is 8.59. The normalized spacial score (nSPS) is 20.8. The van der Waals surface area contributed by atoms with E-state index >= 15 is 0 Å². The number of hydrogen-bond acceptors (Lipinski definition) is 6. The number of benzene rings is 1. The Morgan fingerprint density at radius 1 is 0.900 bits per heavy atom. The van der Waals surface area contributed by atoms with E-state index in [1.807, 2.05) is 11.4 Å². The van der Waals surface area contributed by atoms with Crippen molar-refractivity contribution in [3.05, 3.63) is 45.1 Å². The van der Waals surface area contributed by atoms with E-state index < -0.39 is 59.1 Å². The van der Waals surface area contributed by atoms with Gasteiger partial charge in [-0.1, -0.05) is 0 Å². The Hall–Kier alpha value is -3.73. The predicted octanol–water partition coefficient (Wildman–Crippen LogP) is 5.74. The second-order valence-electron chi connectivity index (χ2n) is 13.6. The van der Waals surface area contributed by atoms with Crippen LogP contribution in [0.25, 0.3) is 0 Å². The molecular weight excluding hydrogens is 688 g/mol. The second-order valence-corrected chi connectivity index (χ2v) is 14.6. The summed E-state index contributed by atoms with van der Waals surface area (Å²) in [4.78, 5) is 46.1. The monoisotopic (exact) mass is 729 g/mol. The van der Waals surface area contributed by atoms with E-state index in [0.29, 0.717) is 56.4 Å². The molecule has 10 nitrogen and oxygen atoms in total. The van der Waals surface area contributed by atoms with Crippen LogP contribution in [0, 0.1) is 11.8 Å². The zero-order chi connectivity index (χ0) is 35.8. The Kier molecular flexibility index (Phi) is 10.4. The molecule has 0 unspecified atom stereocenters. The molecule has 0 saturated carbocycles. The molecule has 0 bridgehead atoms. The van der Waals surface area contributed by atoms with Gasteiger partial charge in [0.05, 0.1) is 29.0 Å². The van der Waals surface area contributed by atoms with Crippen LogP contribution in [0.2, 0.25) is 0 Å². The van der Waals surface area contributed by atoms with Crippen LogP contribution in [-0.4, -0.2) is 84.0 Å². The maximum atomic E-state index is 14.0. The molecule has 1 aromatic carbocycles. The molecule has 0 spiro atoms. The standard InChI is InChI=1S/C33H41F6N7O3S/c34-32(35,36)23-15-19(16-24(28(23)40)33(37,38)39)17-26(29(47)44-10-3-21(4-11-44)20-1-8-41-9-2-20)43-30(48)45-12-5-22(6-13-45)46-18-27-25(7-14-50-27)42-31(46)49/h7,14-16,20-22,26,41H,1-6,8-13,17-18,40H2,(H,42,49)(H,43,48)/t26-/m1/s1. The van der Waals surface area contributed by atoms with Crippen molar-refractivity contribution in [3.63, 3.8) is 0 Å². The van der Waals surface area contributed by atoms with Crippen LogP contribution in [0.3, 0.4) is 0 Å². The van der Waals surface area contributed by atoms with Crippen molar-refractivity contribution in [1.82, 2.24) is 25.3 Å². The molecule has 1 aromatic heterocycles. The van der Waals surface area contributed by atoms with Crippen molar-refractivity contribution in [2.24, 2.45) is 11.8 Å². The molecule has 17 heteroatoms. The molecule has 5 heterocycles. The topological polar surface area (TPSA) is 123 Å². The van der Waals surface area contributed by atoms with Gasteiger partial charge in [-0.3, -0.25) is 4.79 Å². The number of nitrogens with two attached hydrogens (primary N) is 1. The molecule has 5 amide bonds. The van der Waals surface area contributed by atoms with Crippen LogP contribution in [0.1, 0.15) is 60.1 Å². The van der Waals surface area contributed by atoms with Crippen molar-refractivity contribution in [2.45, 2.75) is 75.9 Å². The first-order chi connectivity index (χ1) is 23.7. The van der Waals surface area contributed by atoms with Crippen molar-refractivity contribution in [1.29, 1.82) is 0 Å². The smallest absolute Gasteiger partial charge is 0.398 e. The number of carbonyl (C=O) groups is 3. The number of hydrogen-bond donors (Lipinski definition) is 4. The minimum absolute atomic E-state index is 0.149. The van der Waals surface area contributed by atoms with Gasteiger partial charge in [0.25, 0.3) is 0 Å². The Morgan fingerprint density at radius 2 is 1.48 bits per heavy atom. The van der Waals surface area contributed by atoms with Gasteiger partial charge >= 0.3 is 24.4 Å². The van der Waals surface area contributed by atoms with E-state index in [2.05, 4.69) is 16.0 Å². The van der Waals surface area contributed by atoms with Gasteiger partial charge in [0.15, 0.2) is 0 Å². The number of piperidine rings is 3. The van der Waals surface area contributed by atoms with E-state index in [4.69, 9.17) is 5.73 Å². The summed E-state index contributed by atoms with van der Waals surface area (Å²) in [7, 11) is 0. The van der Waals surface area contributed by atoms with Crippen molar-refractivity contribution >= 4 is 40.7 Å².